The Morgan fingerprint density at radius 3 is 2.77 bits per heavy atom. The van der Waals surface area contributed by atoms with Crippen LogP contribution in [0.5, 0.6) is 0 Å². The average molecular weight is 309 g/mol. The standard InChI is InChI=1S/C14H16FN3O4/c1-17(6-4-12(19)20)13(21)10-8-9(2-3-11(10)15)18-7-5-16-14(18)22/h2-3,8H,4-7H2,1H3,(H,16,22)(H,19,20). The predicted molar refractivity (Wildman–Crippen MR) is 76.4 cm³/mol. The van der Waals surface area contributed by atoms with Gasteiger partial charge in [0.15, 0.2) is 0 Å². The molecule has 2 N–H and O–H groups in total. The lowest BCUT2D eigenvalue weighted by atomic mass is 10.1. The van der Waals surface area contributed by atoms with Gasteiger partial charge in [-0.25, -0.2) is 9.18 Å². The Kier molecular flexibility index (Phi) is 4.59. The monoisotopic (exact) mass is 309 g/mol. The minimum atomic E-state index is -1.04. The van der Waals surface area contributed by atoms with Crippen molar-refractivity contribution in [3.8, 4) is 0 Å². The van der Waals surface area contributed by atoms with Crippen LogP contribution < -0.4 is 10.2 Å². The van der Waals surface area contributed by atoms with E-state index in [2.05, 4.69) is 5.32 Å². The Balaban J connectivity index is 2.20. The fourth-order valence-electron chi connectivity index (χ4n) is 2.13. The Bertz CT molecular complexity index is 620. The molecule has 0 radical (unpaired) electrons. The summed E-state index contributed by atoms with van der Waals surface area (Å²) in [5.41, 5.74) is 0.233. The van der Waals surface area contributed by atoms with Crippen molar-refractivity contribution in [1.82, 2.24) is 10.2 Å². The van der Waals surface area contributed by atoms with Gasteiger partial charge in [-0.2, -0.15) is 0 Å². The van der Waals surface area contributed by atoms with Crippen molar-refractivity contribution >= 4 is 23.6 Å². The summed E-state index contributed by atoms with van der Waals surface area (Å²) in [6, 6.07) is 3.55. The van der Waals surface area contributed by atoms with E-state index in [0.717, 1.165) is 11.0 Å². The van der Waals surface area contributed by atoms with Crippen LogP contribution in [0.25, 0.3) is 0 Å². The number of carbonyl (C=O) groups excluding carboxylic acids is 2. The maximum atomic E-state index is 13.9. The van der Waals surface area contributed by atoms with Crippen LogP contribution in [0, 0.1) is 5.82 Å². The number of carboxylic acids is 1. The van der Waals surface area contributed by atoms with Gasteiger partial charge in [0.1, 0.15) is 5.82 Å². The molecule has 0 aliphatic carbocycles. The number of nitrogens with one attached hydrogen (secondary N) is 1. The van der Waals surface area contributed by atoms with E-state index in [1.54, 1.807) is 0 Å². The molecule has 0 atom stereocenters. The van der Waals surface area contributed by atoms with Crippen LogP contribution in [-0.2, 0) is 4.79 Å². The molecule has 8 heteroatoms. The van der Waals surface area contributed by atoms with E-state index >= 15 is 0 Å². The number of anilines is 1. The lowest BCUT2D eigenvalue weighted by Gasteiger charge is -2.19. The number of benzene rings is 1. The molecule has 1 aromatic rings. The van der Waals surface area contributed by atoms with Crippen LogP contribution in [0.15, 0.2) is 18.2 Å². The third-order valence-electron chi connectivity index (χ3n) is 3.36. The summed E-state index contributed by atoms with van der Waals surface area (Å²) in [6.07, 6.45) is -0.224. The summed E-state index contributed by atoms with van der Waals surface area (Å²) in [7, 11) is 1.40. The molecule has 0 unspecified atom stereocenters. The smallest absolute Gasteiger partial charge is 0.321 e. The van der Waals surface area contributed by atoms with Gasteiger partial charge in [0.05, 0.1) is 12.0 Å². The maximum Gasteiger partial charge on any atom is 0.321 e. The molecule has 7 nitrogen and oxygen atoms in total. The molecular formula is C14H16FN3O4. The Morgan fingerprint density at radius 1 is 1.45 bits per heavy atom. The Morgan fingerprint density at radius 2 is 2.18 bits per heavy atom. The van der Waals surface area contributed by atoms with Gasteiger partial charge >= 0.3 is 12.0 Å². The van der Waals surface area contributed by atoms with Crippen LogP contribution in [0.4, 0.5) is 14.9 Å². The van der Waals surface area contributed by atoms with Crippen molar-refractivity contribution in [3.05, 3.63) is 29.6 Å². The Labute approximate surface area is 126 Å². The SMILES string of the molecule is CN(CCC(=O)O)C(=O)c1cc(N2CCNC2=O)ccc1F. The van der Waals surface area contributed by atoms with E-state index in [4.69, 9.17) is 5.11 Å². The highest BCUT2D eigenvalue weighted by Crippen LogP contribution is 2.21. The first-order valence-electron chi connectivity index (χ1n) is 6.72. The number of nitrogens with zero attached hydrogens (tertiary/aromatic N) is 2. The van der Waals surface area contributed by atoms with Crippen LogP contribution in [0.3, 0.4) is 0 Å². The summed E-state index contributed by atoms with van der Waals surface area (Å²) in [4.78, 5) is 36.9. The quantitative estimate of drug-likeness (QED) is 0.845. The minimum Gasteiger partial charge on any atom is -0.481 e. The normalized spacial score (nSPS) is 13.9. The second kappa shape index (κ2) is 6.42. The van der Waals surface area contributed by atoms with Crippen LogP contribution in [0.1, 0.15) is 16.8 Å². The molecule has 3 amide bonds. The van der Waals surface area contributed by atoms with E-state index in [0.29, 0.717) is 18.8 Å². The lowest BCUT2D eigenvalue weighted by molar-refractivity contribution is -0.137. The molecule has 2 rings (SSSR count). The van der Waals surface area contributed by atoms with Crippen molar-refractivity contribution in [3.63, 3.8) is 0 Å². The van der Waals surface area contributed by atoms with E-state index in [1.807, 2.05) is 0 Å². The van der Waals surface area contributed by atoms with E-state index < -0.39 is 17.7 Å². The molecule has 1 aromatic carbocycles. The van der Waals surface area contributed by atoms with Gasteiger partial charge in [-0.15, -0.1) is 0 Å². The highest BCUT2D eigenvalue weighted by Gasteiger charge is 2.24. The van der Waals surface area contributed by atoms with Gasteiger partial charge < -0.3 is 15.3 Å². The van der Waals surface area contributed by atoms with E-state index in [9.17, 15) is 18.8 Å². The van der Waals surface area contributed by atoms with Gasteiger partial charge in [0.25, 0.3) is 5.91 Å². The van der Waals surface area contributed by atoms with Crippen molar-refractivity contribution < 1.29 is 23.9 Å². The molecule has 0 aromatic heterocycles. The number of halogens is 1. The first-order valence-corrected chi connectivity index (χ1v) is 6.72. The molecular weight excluding hydrogens is 293 g/mol. The van der Waals surface area contributed by atoms with Gasteiger partial charge in [-0.05, 0) is 18.2 Å². The molecule has 0 saturated carbocycles. The number of aliphatic carboxylic acids is 1. The summed E-state index contributed by atoms with van der Waals surface area (Å²) in [5.74, 6) is -2.38. The highest BCUT2D eigenvalue weighted by atomic mass is 19.1. The number of urea groups is 1. The number of hydrogen-bond donors (Lipinski definition) is 2. The first-order chi connectivity index (χ1) is 10.4. The van der Waals surface area contributed by atoms with E-state index in [-0.39, 0.29) is 24.6 Å². The third-order valence-corrected chi connectivity index (χ3v) is 3.36. The average Bonchev–Trinajstić information content (AvgIpc) is 2.90. The molecule has 22 heavy (non-hydrogen) atoms. The molecule has 1 aliphatic heterocycles. The summed E-state index contributed by atoms with van der Waals surface area (Å²) in [5, 5.41) is 11.2. The van der Waals surface area contributed by atoms with Gasteiger partial charge in [0, 0.05) is 32.4 Å². The zero-order chi connectivity index (χ0) is 16.3. The number of carboxylic acid groups (broad SMARTS) is 1. The van der Waals surface area contributed by atoms with Crippen LogP contribution in [-0.4, -0.2) is 54.6 Å². The largest absolute Gasteiger partial charge is 0.481 e. The van der Waals surface area contributed by atoms with Crippen LogP contribution >= 0.6 is 0 Å². The van der Waals surface area contributed by atoms with Gasteiger partial charge in [-0.3, -0.25) is 14.5 Å². The molecule has 0 spiro atoms. The second-order valence-electron chi connectivity index (χ2n) is 4.92. The maximum absolute atomic E-state index is 13.9. The minimum absolute atomic E-state index is 0.0258. The fourth-order valence-corrected chi connectivity index (χ4v) is 2.13. The van der Waals surface area contributed by atoms with Gasteiger partial charge in [0.2, 0.25) is 0 Å². The zero-order valence-corrected chi connectivity index (χ0v) is 12.0. The van der Waals surface area contributed by atoms with Crippen molar-refractivity contribution in [2.75, 3.05) is 31.6 Å². The topological polar surface area (TPSA) is 90.0 Å². The number of rotatable bonds is 5. The molecule has 1 heterocycles. The number of amides is 3. The first kappa shape index (κ1) is 15.7. The highest BCUT2D eigenvalue weighted by molar-refractivity contribution is 5.98. The fraction of sp³-hybridized carbons (Fsp3) is 0.357. The molecule has 118 valence electrons. The number of hydrogen-bond acceptors (Lipinski definition) is 3. The summed E-state index contributed by atoms with van der Waals surface area (Å²) in [6.45, 7) is 0.896. The molecule has 1 fully saturated rings. The molecule has 0 bridgehead atoms. The van der Waals surface area contributed by atoms with E-state index in [1.165, 1.54) is 24.1 Å². The second-order valence-corrected chi connectivity index (χ2v) is 4.92. The predicted octanol–water partition coefficient (Wildman–Crippen LogP) is 0.902. The summed E-state index contributed by atoms with van der Waals surface area (Å²) < 4.78 is 13.9. The zero-order valence-electron chi connectivity index (χ0n) is 12.0. The van der Waals surface area contributed by atoms with Gasteiger partial charge in [-0.1, -0.05) is 0 Å². The number of carbonyl (C=O) groups is 3. The lowest BCUT2D eigenvalue weighted by Crippen LogP contribution is -2.31. The molecule has 1 saturated heterocycles. The summed E-state index contributed by atoms with van der Waals surface area (Å²) >= 11 is 0. The van der Waals surface area contributed by atoms with Crippen molar-refractivity contribution in [1.29, 1.82) is 0 Å². The third kappa shape index (κ3) is 3.33. The molecule has 1 aliphatic rings. The van der Waals surface area contributed by atoms with Crippen molar-refractivity contribution in [2.24, 2.45) is 0 Å². The Hall–Kier alpha value is -2.64. The van der Waals surface area contributed by atoms with Crippen LogP contribution in [0.2, 0.25) is 0 Å². The van der Waals surface area contributed by atoms with Crippen molar-refractivity contribution in [2.45, 2.75) is 6.42 Å².